The molecular weight excluding hydrogens is 152 g/mol. The molecule has 0 saturated heterocycles. The van der Waals surface area contributed by atoms with Gasteiger partial charge in [0.05, 0.1) is 6.20 Å². The van der Waals surface area contributed by atoms with Gasteiger partial charge in [0.1, 0.15) is 0 Å². The van der Waals surface area contributed by atoms with Crippen LogP contribution in [0.3, 0.4) is 0 Å². The van der Waals surface area contributed by atoms with Crippen molar-refractivity contribution < 1.29 is 5.11 Å². The minimum atomic E-state index is 0. The number of aromatic amines is 1. The smallest absolute Gasteiger partial charge is 0.0519 e. The monoisotopic (exact) mass is 162 g/mol. The van der Waals surface area contributed by atoms with Crippen LogP contribution < -0.4 is 0 Å². The van der Waals surface area contributed by atoms with Gasteiger partial charge in [0, 0.05) is 12.8 Å². The predicted octanol–water partition coefficient (Wildman–Crippen LogP) is 0.756. The molecule has 2 N–H and O–H groups in total. The summed E-state index contributed by atoms with van der Waals surface area (Å²) in [6.07, 6.45) is 5.35. The van der Waals surface area contributed by atoms with Crippen LogP contribution in [0.1, 0.15) is 12.0 Å². The van der Waals surface area contributed by atoms with Crippen molar-refractivity contribution in [1.29, 1.82) is 0 Å². The largest absolute Gasteiger partial charge is 0.396 e. The number of hydrogen-bond acceptors (Lipinski definition) is 2. The molecule has 0 aromatic carbocycles. The first-order valence-electron chi connectivity index (χ1n) is 3.02. The third-order valence-electron chi connectivity index (χ3n) is 1.18. The van der Waals surface area contributed by atoms with E-state index in [9.17, 15) is 0 Å². The highest BCUT2D eigenvalue weighted by Gasteiger charge is 1.90. The van der Waals surface area contributed by atoms with Crippen LogP contribution in [-0.4, -0.2) is 21.9 Å². The van der Waals surface area contributed by atoms with Crippen LogP contribution in [0.15, 0.2) is 12.4 Å². The Labute approximate surface area is 65.9 Å². The lowest BCUT2D eigenvalue weighted by Gasteiger charge is -1.89. The molecule has 1 aromatic rings. The number of halogens is 1. The van der Waals surface area contributed by atoms with E-state index < -0.39 is 0 Å². The van der Waals surface area contributed by atoms with E-state index in [1.165, 1.54) is 0 Å². The van der Waals surface area contributed by atoms with Crippen molar-refractivity contribution in [2.45, 2.75) is 12.8 Å². The molecule has 0 spiro atoms. The quantitative estimate of drug-likeness (QED) is 0.690. The van der Waals surface area contributed by atoms with Gasteiger partial charge >= 0.3 is 0 Å². The van der Waals surface area contributed by atoms with Gasteiger partial charge in [-0.2, -0.15) is 5.10 Å². The van der Waals surface area contributed by atoms with Crippen LogP contribution in [0, 0.1) is 0 Å². The normalized spacial score (nSPS) is 8.90. The summed E-state index contributed by atoms with van der Waals surface area (Å²) in [5.74, 6) is 0. The van der Waals surface area contributed by atoms with Gasteiger partial charge in [0.2, 0.25) is 0 Å². The standard InChI is InChI=1S/C6H10N2O.ClH/c9-3-1-2-6-4-7-8-5-6;/h4-5,9H,1-3H2,(H,7,8);1H. The molecule has 1 rings (SSSR count). The summed E-state index contributed by atoms with van der Waals surface area (Å²) in [5, 5.41) is 14.9. The van der Waals surface area contributed by atoms with Crippen LogP contribution in [-0.2, 0) is 6.42 Å². The summed E-state index contributed by atoms with van der Waals surface area (Å²) >= 11 is 0. The Morgan fingerprint density at radius 3 is 2.90 bits per heavy atom. The van der Waals surface area contributed by atoms with Gasteiger partial charge < -0.3 is 5.11 Å². The SMILES string of the molecule is Cl.OCCCc1cn[nH]c1. The summed E-state index contributed by atoms with van der Waals surface area (Å²) in [6.45, 7) is 0.255. The highest BCUT2D eigenvalue weighted by Crippen LogP contribution is 1.96. The van der Waals surface area contributed by atoms with Gasteiger partial charge in [-0.3, -0.25) is 5.10 Å². The zero-order valence-electron chi connectivity index (χ0n) is 5.58. The Morgan fingerprint density at radius 2 is 2.40 bits per heavy atom. The van der Waals surface area contributed by atoms with Crippen molar-refractivity contribution in [2.75, 3.05) is 6.61 Å². The topological polar surface area (TPSA) is 48.9 Å². The fourth-order valence-electron chi connectivity index (χ4n) is 0.698. The van der Waals surface area contributed by atoms with Crippen LogP contribution in [0.5, 0.6) is 0 Å². The molecule has 0 aliphatic carbocycles. The van der Waals surface area contributed by atoms with Crippen LogP contribution in [0.4, 0.5) is 0 Å². The predicted molar refractivity (Wildman–Crippen MR) is 41.2 cm³/mol. The minimum absolute atomic E-state index is 0. The first kappa shape index (κ1) is 9.46. The fraction of sp³-hybridized carbons (Fsp3) is 0.500. The molecule has 0 amide bonds. The molecule has 0 radical (unpaired) electrons. The second kappa shape index (κ2) is 5.26. The van der Waals surface area contributed by atoms with Gasteiger partial charge in [0.15, 0.2) is 0 Å². The molecule has 10 heavy (non-hydrogen) atoms. The molecule has 58 valence electrons. The average molecular weight is 163 g/mol. The van der Waals surface area contributed by atoms with Crippen LogP contribution in [0.2, 0.25) is 0 Å². The van der Waals surface area contributed by atoms with E-state index in [0.717, 1.165) is 18.4 Å². The lowest BCUT2D eigenvalue weighted by Crippen LogP contribution is -1.86. The van der Waals surface area contributed by atoms with Crippen molar-refractivity contribution in [1.82, 2.24) is 10.2 Å². The van der Waals surface area contributed by atoms with E-state index in [1.54, 1.807) is 6.20 Å². The van der Waals surface area contributed by atoms with E-state index in [1.807, 2.05) is 6.20 Å². The van der Waals surface area contributed by atoms with E-state index in [0.29, 0.717) is 0 Å². The fourth-order valence-corrected chi connectivity index (χ4v) is 0.698. The summed E-state index contributed by atoms with van der Waals surface area (Å²) in [7, 11) is 0. The molecule has 0 atom stereocenters. The molecule has 0 saturated carbocycles. The maximum atomic E-state index is 8.43. The average Bonchev–Trinajstić information content (AvgIpc) is 2.34. The molecule has 0 aliphatic rings. The van der Waals surface area contributed by atoms with Crippen molar-refractivity contribution in [3.63, 3.8) is 0 Å². The molecule has 0 aliphatic heterocycles. The summed E-state index contributed by atoms with van der Waals surface area (Å²) in [5.41, 5.74) is 1.16. The first-order valence-corrected chi connectivity index (χ1v) is 3.02. The van der Waals surface area contributed by atoms with Gasteiger partial charge in [-0.25, -0.2) is 0 Å². The minimum Gasteiger partial charge on any atom is -0.396 e. The van der Waals surface area contributed by atoms with Crippen molar-refractivity contribution >= 4 is 12.4 Å². The lowest BCUT2D eigenvalue weighted by atomic mass is 10.2. The van der Waals surface area contributed by atoms with Crippen molar-refractivity contribution in [3.05, 3.63) is 18.0 Å². The summed E-state index contributed by atoms with van der Waals surface area (Å²) in [4.78, 5) is 0. The number of aromatic nitrogens is 2. The van der Waals surface area contributed by atoms with Gasteiger partial charge in [-0.15, -0.1) is 12.4 Å². The third kappa shape index (κ3) is 2.85. The Balaban J connectivity index is 0.000000810. The van der Waals surface area contributed by atoms with E-state index >= 15 is 0 Å². The molecule has 3 nitrogen and oxygen atoms in total. The molecular formula is C6H11ClN2O. The van der Waals surface area contributed by atoms with Crippen LogP contribution >= 0.6 is 12.4 Å². The van der Waals surface area contributed by atoms with Crippen molar-refractivity contribution in [3.8, 4) is 0 Å². The first-order chi connectivity index (χ1) is 4.43. The maximum absolute atomic E-state index is 8.43. The highest BCUT2D eigenvalue weighted by molar-refractivity contribution is 5.85. The maximum Gasteiger partial charge on any atom is 0.0519 e. The van der Waals surface area contributed by atoms with E-state index in [-0.39, 0.29) is 19.0 Å². The second-order valence-electron chi connectivity index (χ2n) is 1.93. The van der Waals surface area contributed by atoms with E-state index in [4.69, 9.17) is 5.11 Å². The number of nitrogens with one attached hydrogen (secondary N) is 1. The number of aliphatic hydroxyl groups is 1. The second-order valence-corrected chi connectivity index (χ2v) is 1.93. The molecule has 0 unspecified atom stereocenters. The highest BCUT2D eigenvalue weighted by atomic mass is 35.5. The number of hydrogen-bond donors (Lipinski definition) is 2. The third-order valence-corrected chi connectivity index (χ3v) is 1.18. The van der Waals surface area contributed by atoms with E-state index in [2.05, 4.69) is 10.2 Å². The zero-order valence-corrected chi connectivity index (χ0v) is 6.40. The lowest BCUT2D eigenvalue weighted by molar-refractivity contribution is 0.288. The Bertz CT molecular complexity index is 153. The Kier molecular flexibility index (Phi) is 4.98. The number of nitrogens with zero attached hydrogens (tertiary/aromatic N) is 1. The molecule has 1 aromatic heterocycles. The molecule has 4 heteroatoms. The van der Waals surface area contributed by atoms with Crippen LogP contribution in [0.25, 0.3) is 0 Å². The summed E-state index contributed by atoms with van der Waals surface area (Å²) < 4.78 is 0. The van der Waals surface area contributed by atoms with Gasteiger partial charge in [-0.1, -0.05) is 0 Å². The Morgan fingerprint density at radius 1 is 1.60 bits per heavy atom. The number of aliphatic hydroxyl groups excluding tert-OH is 1. The molecule has 0 bridgehead atoms. The molecule has 0 fully saturated rings. The van der Waals surface area contributed by atoms with Crippen molar-refractivity contribution in [2.24, 2.45) is 0 Å². The zero-order chi connectivity index (χ0) is 6.53. The number of H-pyrrole nitrogens is 1. The Hall–Kier alpha value is -0.540. The van der Waals surface area contributed by atoms with Gasteiger partial charge in [-0.05, 0) is 18.4 Å². The number of rotatable bonds is 3. The number of aryl methyl sites for hydroxylation is 1. The summed E-state index contributed by atoms with van der Waals surface area (Å²) in [6, 6.07) is 0. The molecule has 1 heterocycles. The van der Waals surface area contributed by atoms with Gasteiger partial charge in [0.25, 0.3) is 0 Å².